The van der Waals surface area contributed by atoms with Crippen LogP contribution in [0.15, 0.2) is 41.6 Å². The zero-order chi connectivity index (χ0) is 14.0. The molecule has 1 aromatic carbocycles. The number of nitriles is 1. The van der Waals surface area contributed by atoms with Crippen LogP contribution in [0.5, 0.6) is 0 Å². The fourth-order valence-electron chi connectivity index (χ4n) is 1.57. The van der Waals surface area contributed by atoms with Gasteiger partial charge in [0.1, 0.15) is 4.90 Å². The minimum absolute atomic E-state index is 0.127. The molecule has 7 heteroatoms. The van der Waals surface area contributed by atoms with Gasteiger partial charge in [0.2, 0.25) is 0 Å². The van der Waals surface area contributed by atoms with Gasteiger partial charge in [-0.15, -0.1) is 0 Å². The second kappa shape index (κ2) is 4.74. The fraction of sp³-hybridized carbons (Fsp3) is 0.167. The highest BCUT2D eigenvalue weighted by Gasteiger charge is 2.22. The third-order valence-corrected chi connectivity index (χ3v) is 4.44. The van der Waals surface area contributed by atoms with Crippen molar-refractivity contribution in [2.75, 3.05) is 11.4 Å². The van der Waals surface area contributed by atoms with Gasteiger partial charge < -0.3 is 0 Å². The lowest BCUT2D eigenvalue weighted by Gasteiger charge is -2.18. The highest BCUT2D eigenvalue weighted by Crippen LogP contribution is 2.21. The molecule has 0 saturated carbocycles. The van der Waals surface area contributed by atoms with E-state index in [1.165, 1.54) is 24.1 Å². The SMILES string of the molecule is CN(c1ccc(C#N)cc1)S(=O)(=O)c1cnn(C)c1. The van der Waals surface area contributed by atoms with Crippen molar-refractivity contribution in [2.45, 2.75) is 4.90 Å². The van der Waals surface area contributed by atoms with Crippen LogP contribution < -0.4 is 4.31 Å². The standard InChI is InChI=1S/C12H12N4O2S/c1-15-9-12(8-14-15)19(17,18)16(2)11-5-3-10(7-13)4-6-11/h3-6,8-9H,1-2H3. The van der Waals surface area contributed by atoms with Crippen LogP contribution in [-0.2, 0) is 17.1 Å². The number of anilines is 1. The predicted octanol–water partition coefficient (Wildman–Crippen LogP) is 1.12. The lowest BCUT2D eigenvalue weighted by molar-refractivity contribution is 0.594. The first kappa shape index (κ1) is 13.1. The highest BCUT2D eigenvalue weighted by molar-refractivity contribution is 7.92. The molecule has 0 amide bonds. The van der Waals surface area contributed by atoms with E-state index in [2.05, 4.69) is 5.10 Å². The van der Waals surface area contributed by atoms with E-state index in [-0.39, 0.29) is 4.90 Å². The summed E-state index contributed by atoms with van der Waals surface area (Å²) >= 11 is 0. The molecule has 0 aliphatic carbocycles. The topological polar surface area (TPSA) is 79.0 Å². The normalized spacial score (nSPS) is 11.0. The van der Waals surface area contributed by atoms with Crippen LogP contribution in [0.4, 0.5) is 5.69 Å². The van der Waals surface area contributed by atoms with Crippen molar-refractivity contribution in [1.29, 1.82) is 5.26 Å². The van der Waals surface area contributed by atoms with Gasteiger partial charge in [-0.1, -0.05) is 0 Å². The molecule has 19 heavy (non-hydrogen) atoms. The maximum atomic E-state index is 12.3. The Labute approximate surface area is 111 Å². The molecule has 2 rings (SSSR count). The Balaban J connectivity index is 2.37. The molecule has 1 heterocycles. The van der Waals surface area contributed by atoms with Gasteiger partial charge in [-0.25, -0.2) is 8.42 Å². The molecular weight excluding hydrogens is 264 g/mol. The van der Waals surface area contributed by atoms with Crippen molar-refractivity contribution in [3.05, 3.63) is 42.2 Å². The van der Waals surface area contributed by atoms with Crippen LogP contribution in [0.2, 0.25) is 0 Å². The van der Waals surface area contributed by atoms with E-state index < -0.39 is 10.0 Å². The summed E-state index contributed by atoms with van der Waals surface area (Å²) in [4.78, 5) is 0.127. The van der Waals surface area contributed by atoms with Crippen molar-refractivity contribution in [3.8, 4) is 6.07 Å². The number of benzene rings is 1. The van der Waals surface area contributed by atoms with E-state index in [9.17, 15) is 8.42 Å². The average Bonchev–Trinajstić information content (AvgIpc) is 2.85. The first-order chi connectivity index (χ1) is 8.95. The molecule has 1 aromatic heterocycles. The first-order valence-electron chi connectivity index (χ1n) is 5.43. The van der Waals surface area contributed by atoms with E-state index in [1.807, 2.05) is 6.07 Å². The quantitative estimate of drug-likeness (QED) is 0.841. The largest absolute Gasteiger partial charge is 0.274 e. The predicted molar refractivity (Wildman–Crippen MR) is 70.0 cm³/mol. The van der Waals surface area contributed by atoms with Gasteiger partial charge in [0, 0.05) is 20.3 Å². The molecule has 0 atom stereocenters. The molecule has 0 aliphatic heterocycles. The van der Waals surface area contributed by atoms with E-state index in [0.717, 1.165) is 4.31 Å². The maximum absolute atomic E-state index is 12.3. The van der Waals surface area contributed by atoms with Crippen molar-refractivity contribution in [1.82, 2.24) is 9.78 Å². The third-order valence-electron chi connectivity index (χ3n) is 2.70. The van der Waals surface area contributed by atoms with E-state index in [0.29, 0.717) is 11.3 Å². The van der Waals surface area contributed by atoms with Gasteiger partial charge in [0.15, 0.2) is 0 Å². The number of aryl methyl sites for hydroxylation is 1. The number of hydrogen-bond donors (Lipinski definition) is 0. The summed E-state index contributed by atoms with van der Waals surface area (Å²) < 4.78 is 27.2. The van der Waals surface area contributed by atoms with Gasteiger partial charge in [-0.3, -0.25) is 8.99 Å². The monoisotopic (exact) mass is 276 g/mol. The van der Waals surface area contributed by atoms with Crippen LogP contribution in [0.1, 0.15) is 5.56 Å². The number of nitrogens with zero attached hydrogens (tertiary/aromatic N) is 4. The third kappa shape index (κ3) is 2.44. The van der Waals surface area contributed by atoms with E-state index in [4.69, 9.17) is 5.26 Å². The Morgan fingerprint density at radius 1 is 1.32 bits per heavy atom. The Bertz CT molecular complexity index is 726. The Morgan fingerprint density at radius 2 is 1.95 bits per heavy atom. The van der Waals surface area contributed by atoms with Gasteiger partial charge in [0.25, 0.3) is 10.0 Å². The zero-order valence-corrected chi connectivity index (χ0v) is 11.3. The Morgan fingerprint density at radius 3 is 2.42 bits per heavy atom. The first-order valence-corrected chi connectivity index (χ1v) is 6.87. The molecule has 0 N–H and O–H groups in total. The van der Waals surface area contributed by atoms with Gasteiger partial charge in [0.05, 0.1) is 23.5 Å². The molecule has 6 nitrogen and oxygen atoms in total. The highest BCUT2D eigenvalue weighted by atomic mass is 32.2. The van der Waals surface area contributed by atoms with Gasteiger partial charge >= 0.3 is 0 Å². The summed E-state index contributed by atoms with van der Waals surface area (Å²) in [6.45, 7) is 0. The molecular formula is C12H12N4O2S. The lowest BCUT2D eigenvalue weighted by Crippen LogP contribution is -2.26. The second-order valence-electron chi connectivity index (χ2n) is 3.98. The molecule has 0 bridgehead atoms. The number of aromatic nitrogens is 2. The summed E-state index contributed by atoms with van der Waals surface area (Å²) in [5, 5.41) is 12.6. The molecule has 0 unspecified atom stereocenters. The van der Waals surface area contributed by atoms with Gasteiger partial charge in [-0.05, 0) is 24.3 Å². The minimum atomic E-state index is -3.62. The van der Waals surface area contributed by atoms with E-state index in [1.54, 1.807) is 31.3 Å². The molecule has 2 aromatic rings. The van der Waals surface area contributed by atoms with Gasteiger partial charge in [-0.2, -0.15) is 10.4 Å². The van der Waals surface area contributed by atoms with Crippen LogP contribution in [-0.4, -0.2) is 25.2 Å². The lowest BCUT2D eigenvalue weighted by atomic mass is 10.2. The summed E-state index contributed by atoms with van der Waals surface area (Å²) in [6, 6.07) is 8.31. The molecule has 0 spiro atoms. The van der Waals surface area contributed by atoms with Crippen LogP contribution >= 0.6 is 0 Å². The van der Waals surface area contributed by atoms with Crippen molar-refractivity contribution in [2.24, 2.45) is 7.05 Å². The summed E-state index contributed by atoms with van der Waals surface area (Å²) in [6.07, 6.45) is 2.74. The Hall–Kier alpha value is -2.33. The Kier molecular flexibility index (Phi) is 3.27. The van der Waals surface area contributed by atoms with E-state index >= 15 is 0 Å². The van der Waals surface area contributed by atoms with Crippen molar-refractivity contribution < 1.29 is 8.42 Å². The second-order valence-corrected chi connectivity index (χ2v) is 5.95. The van der Waals surface area contributed by atoms with Crippen LogP contribution in [0, 0.1) is 11.3 Å². The summed E-state index contributed by atoms with van der Waals surface area (Å²) in [7, 11) is -0.508. The number of rotatable bonds is 3. The summed E-state index contributed by atoms with van der Waals surface area (Å²) in [5.41, 5.74) is 0.971. The zero-order valence-electron chi connectivity index (χ0n) is 10.5. The molecule has 0 saturated heterocycles. The van der Waals surface area contributed by atoms with Crippen molar-refractivity contribution in [3.63, 3.8) is 0 Å². The molecule has 98 valence electrons. The smallest absolute Gasteiger partial charge is 0.267 e. The maximum Gasteiger partial charge on any atom is 0.267 e. The average molecular weight is 276 g/mol. The summed E-state index contributed by atoms with van der Waals surface area (Å²) in [5.74, 6) is 0. The fourth-order valence-corrected chi connectivity index (χ4v) is 2.76. The van der Waals surface area contributed by atoms with Crippen molar-refractivity contribution >= 4 is 15.7 Å². The number of sulfonamides is 1. The molecule has 0 fully saturated rings. The van der Waals surface area contributed by atoms with Crippen LogP contribution in [0.3, 0.4) is 0 Å². The molecule has 0 aliphatic rings. The molecule has 0 radical (unpaired) electrons. The minimum Gasteiger partial charge on any atom is -0.274 e. The number of hydrogen-bond acceptors (Lipinski definition) is 4. The van der Waals surface area contributed by atoms with Crippen LogP contribution in [0.25, 0.3) is 0 Å².